The average molecular weight is 308 g/mol. The van der Waals surface area contributed by atoms with Gasteiger partial charge in [-0.1, -0.05) is 0 Å². The zero-order valence-corrected chi connectivity index (χ0v) is 14.7. The lowest BCUT2D eigenvalue weighted by Gasteiger charge is -2.32. The van der Waals surface area contributed by atoms with E-state index in [0.29, 0.717) is 5.59 Å². The van der Waals surface area contributed by atoms with Gasteiger partial charge in [0.05, 0.1) is 16.8 Å². The first-order valence-electron chi connectivity index (χ1n) is 7.45. The van der Waals surface area contributed by atoms with Gasteiger partial charge in [-0.05, 0) is 54.5 Å². The van der Waals surface area contributed by atoms with Crippen LogP contribution in [0.4, 0.5) is 0 Å². The molecule has 0 saturated carbocycles. The summed E-state index contributed by atoms with van der Waals surface area (Å²) >= 11 is 0. The van der Waals surface area contributed by atoms with Crippen LogP contribution in [0.1, 0.15) is 59.0 Å². The molecule has 1 aliphatic heterocycles. The number of aryl methyl sites for hydroxylation is 1. The molecule has 2 rings (SSSR count). The molecule has 22 heavy (non-hydrogen) atoms. The summed E-state index contributed by atoms with van der Waals surface area (Å²) in [6.45, 7) is 13.4. The standard InChI is InChI=1S/C15H25BN2O4/c1-13(2,3)20-12(19)10-9-11(18(8)17-10)16-21-14(4,5)15(6,7)22-16/h9H,1-8H3. The largest absolute Gasteiger partial charge is 0.514 e. The van der Waals surface area contributed by atoms with Crippen LogP contribution in [0.5, 0.6) is 0 Å². The zero-order valence-electron chi connectivity index (χ0n) is 14.7. The number of hydrogen-bond acceptors (Lipinski definition) is 5. The highest BCUT2D eigenvalue weighted by molar-refractivity contribution is 6.61. The molecular weight excluding hydrogens is 283 g/mol. The molecule has 0 aliphatic carbocycles. The maximum atomic E-state index is 12.1. The van der Waals surface area contributed by atoms with Gasteiger partial charge in [0.15, 0.2) is 5.69 Å². The van der Waals surface area contributed by atoms with Gasteiger partial charge in [-0.2, -0.15) is 5.10 Å². The Labute approximate surface area is 132 Å². The highest BCUT2D eigenvalue weighted by Gasteiger charge is 2.53. The fraction of sp³-hybridized carbons (Fsp3) is 0.733. The van der Waals surface area contributed by atoms with Gasteiger partial charge in [0.1, 0.15) is 5.60 Å². The predicted molar refractivity (Wildman–Crippen MR) is 84.1 cm³/mol. The number of nitrogens with zero attached hydrogens (tertiary/aromatic N) is 2. The van der Waals surface area contributed by atoms with Crippen LogP contribution in [0.15, 0.2) is 6.07 Å². The molecule has 122 valence electrons. The summed E-state index contributed by atoms with van der Waals surface area (Å²) < 4.78 is 18.9. The number of ether oxygens (including phenoxy) is 1. The van der Waals surface area contributed by atoms with Crippen LogP contribution in [0.3, 0.4) is 0 Å². The van der Waals surface area contributed by atoms with Crippen molar-refractivity contribution < 1.29 is 18.8 Å². The second-order valence-electron chi connectivity index (χ2n) is 7.67. The van der Waals surface area contributed by atoms with Crippen LogP contribution in [0.2, 0.25) is 0 Å². The third-order valence-electron chi connectivity index (χ3n) is 4.02. The number of aromatic nitrogens is 2. The monoisotopic (exact) mass is 308 g/mol. The van der Waals surface area contributed by atoms with E-state index in [1.54, 1.807) is 17.8 Å². The minimum atomic E-state index is -0.557. The molecule has 0 N–H and O–H groups in total. The molecule has 0 radical (unpaired) electrons. The Morgan fingerprint density at radius 3 is 2.18 bits per heavy atom. The first kappa shape index (κ1) is 17.0. The van der Waals surface area contributed by atoms with Gasteiger partial charge in [0.25, 0.3) is 0 Å². The molecule has 1 saturated heterocycles. The third-order valence-corrected chi connectivity index (χ3v) is 4.02. The molecule has 0 aromatic carbocycles. The van der Waals surface area contributed by atoms with Crippen molar-refractivity contribution in [2.24, 2.45) is 7.05 Å². The lowest BCUT2D eigenvalue weighted by atomic mass is 9.84. The first-order chi connectivity index (χ1) is 9.82. The van der Waals surface area contributed by atoms with E-state index in [1.807, 2.05) is 48.5 Å². The highest BCUT2D eigenvalue weighted by atomic mass is 16.7. The van der Waals surface area contributed by atoms with Crippen molar-refractivity contribution in [2.75, 3.05) is 0 Å². The van der Waals surface area contributed by atoms with Crippen molar-refractivity contribution in [3.05, 3.63) is 11.8 Å². The van der Waals surface area contributed by atoms with Crippen LogP contribution in [0, 0.1) is 0 Å². The van der Waals surface area contributed by atoms with E-state index in [1.165, 1.54) is 0 Å². The summed E-state index contributed by atoms with van der Waals surface area (Å²) in [7, 11) is 1.20. The highest BCUT2D eigenvalue weighted by Crippen LogP contribution is 2.36. The van der Waals surface area contributed by atoms with E-state index in [-0.39, 0.29) is 5.69 Å². The fourth-order valence-electron chi connectivity index (χ4n) is 2.10. The molecule has 0 unspecified atom stereocenters. The molecule has 7 heteroatoms. The lowest BCUT2D eigenvalue weighted by molar-refractivity contribution is 0.00578. The molecule has 1 fully saturated rings. The summed E-state index contributed by atoms with van der Waals surface area (Å²) in [5, 5.41) is 4.22. The molecule has 0 bridgehead atoms. The second kappa shape index (κ2) is 5.10. The SMILES string of the molecule is Cn1nc(C(=O)OC(C)(C)C)cc1B1OC(C)(C)C(C)(C)O1. The van der Waals surface area contributed by atoms with Gasteiger partial charge < -0.3 is 14.0 Å². The minimum Gasteiger partial charge on any atom is -0.455 e. The van der Waals surface area contributed by atoms with Crippen molar-refractivity contribution in [1.82, 2.24) is 9.78 Å². The third kappa shape index (κ3) is 3.20. The maximum Gasteiger partial charge on any atom is 0.514 e. The summed E-state index contributed by atoms with van der Waals surface area (Å²) in [6.07, 6.45) is 0. The molecular formula is C15H25BN2O4. The molecule has 1 aliphatic rings. The van der Waals surface area contributed by atoms with Crippen molar-refractivity contribution in [3.63, 3.8) is 0 Å². The van der Waals surface area contributed by atoms with Crippen molar-refractivity contribution in [1.29, 1.82) is 0 Å². The summed E-state index contributed by atoms with van der Waals surface area (Å²) in [5.74, 6) is -0.453. The van der Waals surface area contributed by atoms with E-state index in [0.717, 1.165) is 0 Å². The van der Waals surface area contributed by atoms with E-state index in [2.05, 4.69) is 5.10 Å². The zero-order chi connectivity index (χ0) is 16.9. The molecule has 2 heterocycles. The van der Waals surface area contributed by atoms with Crippen LogP contribution >= 0.6 is 0 Å². The lowest BCUT2D eigenvalue weighted by Crippen LogP contribution is -2.41. The second-order valence-corrected chi connectivity index (χ2v) is 7.67. The van der Waals surface area contributed by atoms with E-state index in [9.17, 15) is 4.79 Å². The number of rotatable bonds is 2. The first-order valence-corrected chi connectivity index (χ1v) is 7.45. The Hall–Kier alpha value is -1.34. The Bertz CT molecular complexity index is 571. The Kier molecular flexibility index (Phi) is 3.94. The predicted octanol–water partition coefficient (Wildman–Crippen LogP) is 1.67. The van der Waals surface area contributed by atoms with E-state index < -0.39 is 29.9 Å². The van der Waals surface area contributed by atoms with Gasteiger partial charge in [0.2, 0.25) is 0 Å². The van der Waals surface area contributed by atoms with Gasteiger partial charge in [0, 0.05) is 7.05 Å². The van der Waals surface area contributed by atoms with Crippen molar-refractivity contribution in [3.8, 4) is 0 Å². The normalized spacial score (nSPS) is 20.3. The minimum absolute atomic E-state index is 0.252. The molecule has 0 amide bonds. The smallest absolute Gasteiger partial charge is 0.455 e. The van der Waals surface area contributed by atoms with Gasteiger partial charge in [-0.15, -0.1) is 0 Å². The average Bonchev–Trinajstić information content (AvgIpc) is 2.75. The topological polar surface area (TPSA) is 62.6 Å². The van der Waals surface area contributed by atoms with Crippen LogP contribution in [-0.4, -0.2) is 39.7 Å². The molecule has 6 nitrogen and oxygen atoms in total. The molecule has 0 atom stereocenters. The number of hydrogen-bond donors (Lipinski definition) is 0. The molecule has 0 spiro atoms. The number of carbonyl (C=O) groups excluding carboxylic acids is 1. The number of carbonyl (C=O) groups is 1. The van der Waals surface area contributed by atoms with Gasteiger partial charge in [-0.3, -0.25) is 4.68 Å². The summed E-state index contributed by atoms with van der Waals surface area (Å²) in [6, 6.07) is 1.66. The Morgan fingerprint density at radius 1 is 1.23 bits per heavy atom. The van der Waals surface area contributed by atoms with Crippen LogP contribution < -0.4 is 5.59 Å². The molecule has 1 aromatic heterocycles. The summed E-state index contributed by atoms with van der Waals surface area (Å²) in [5.41, 5.74) is -0.483. The van der Waals surface area contributed by atoms with Crippen LogP contribution in [-0.2, 0) is 21.1 Å². The van der Waals surface area contributed by atoms with Crippen molar-refractivity contribution >= 4 is 18.7 Å². The van der Waals surface area contributed by atoms with Crippen LogP contribution in [0.25, 0.3) is 0 Å². The van der Waals surface area contributed by atoms with Crippen molar-refractivity contribution in [2.45, 2.75) is 65.3 Å². The quantitative estimate of drug-likeness (QED) is 0.614. The van der Waals surface area contributed by atoms with E-state index >= 15 is 0 Å². The summed E-state index contributed by atoms with van der Waals surface area (Å²) in [4.78, 5) is 12.1. The fourth-order valence-corrected chi connectivity index (χ4v) is 2.10. The van der Waals surface area contributed by atoms with Gasteiger partial charge >= 0.3 is 13.1 Å². The Morgan fingerprint density at radius 2 is 1.73 bits per heavy atom. The Balaban J connectivity index is 2.23. The maximum absolute atomic E-state index is 12.1. The number of esters is 1. The van der Waals surface area contributed by atoms with E-state index in [4.69, 9.17) is 14.0 Å². The molecule has 1 aromatic rings. The van der Waals surface area contributed by atoms with Gasteiger partial charge in [-0.25, -0.2) is 4.79 Å².